The average Bonchev–Trinajstić information content (AvgIpc) is 2.54. The number of aryl methyl sites for hydroxylation is 1. The molecule has 0 bridgehead atoms. The second kappa shape index (κ2) is 8.13. The molecule has 4 nitrogen and oxygen atoms in total. The van der Waals surface area contributed by atoms with E-state index in [1.165, 1.54) is 0 Å². The fourth-order valence-corrected chi connectivity index (χ4v) is 2.31. The van der Waals surface area contributed by atoms with Gasteiger partial charge in [0.2, 0.25) is 0 Å². The molecule has 0 saturated carbocycles. The zero-order valence-corrected chi connectivity index (χ0v) is 13.1. The maximum Gasteiger partial charge on any atom is 0.314 e. The highest BCUT2D eigenvalue weighted by Gasteiger charge is 2.22. The normalized spacial score (nSPS) is 11.7. The predicted octanol–water partition coefficient (Wildman–Crippen LogP) is 3.62. The van der Waals surface area contributed by atoms with Gasteiger partial charge in [0.25, 0.3) is 0 Å². The Morgan fingerprint density at radius 1 is 1.04 bits per heavy atom. The lowest BCUT2D eigenvalue weighted by atomic mass is 9.95. The second-order valence-corrected chi connectivity index (χ2v) is 5.55. The zero-order chi connectivity index (χ0) is 16.7. The minimum Gasteiger partial charge on any atom is -0.481 e. The van der Waals surface area contributed by atoms with Crippen LogP contribution >= 0.6 is 0 Å². The van der Waals surface area contributed by atoms with E-state index in [4.69, 9.17) is 9.84 Å². The Morgan fingerprint density at radius 3 is 2.30 bits per heavy atom. The molecule has 0 aliphatic heterocycles. The molecule has 120 valence electrons. The Kier molecular flexibility index (Phi) is 5.92. The summed E-state index contributed by atoms with van der Waals surface area (Å²) in [5.41, 5.74) is 2.07. The highest BCUT2D eigenvalue weighted by Crippen LogP contribution is 2.19. The van der Waals surface area contributed by atoms with E-state index in [1.54, 1.807) is 12.1 Å². The van der Waals surface area contributed by atoms with Gasteiger partial charge in [-0.3, -0.25) is 9.59 Å². The van der Waals surface area contributed by atoms with Crippen LogP contribution in [0.2, 0.25) is 0 Å². The third kappa shape index (κ3) is 5.58. The van der Waals surface area contributed by atoms with Gasteiger partial charge < -0.3 is 9.84 Å². The number of ether oxygens (including phenoxy) is 1. The molecule has 4 heteroatoms. The highest BCUT2D eigenvalue weighted by atomic mass is 16.5. The fourth-order valence-electron chi connectivity index (χ4n) is 2.31. The van der Waals surface area contributed by atoms with Crippen LogP contribution < -0.4 is 4.74 Å². The number of aliphatic carboxylic acids is 1. The van der Waals surface area contributed by atoms with Crippen molar-refractivity contribution in [3.05, 3.63) is 65.7 Å². The Labute approximate surface area is 135 Å². The first-order valence-electron chi connectivity index (χ1n) is 7.58. The third-order valence-corrected chi connectivity index (χ3v) is 3.60. The molecule has 0 aromatic heterocycles. The van der Waals surface area contributed by atoms with Crippen molar-refractivity contribution in [1.29, 1.82) is 0 Å². The number of hydrogen-bond acceptors (Lipinski definition) is 3. The molecule has 0 radical (unpaired) electrons. The van der Waals surface area contributed by atoms with Crippen molar-refractivity contribution < 1.29 is 19.4 Å². The Balaban J connectivity index is 2.06. The molecule has 0 unspecified atom stereocenters. The van der Waals surface area contributed by atoms with Gasteiger partial charge in [-0.25, -0.2) is 0 Å². The summed E-state index contributed by atoms with van der Waals surface area (Å²) in [5, 5.41) is 8.88. The molecule has 2 aromatic carbocycles. The number of benzene rings is 2. The summed E-state index contributed by atoms with van der Waals surface area (Å²) >= 11 is 0. The van der Waals surface area contributed by atoms with Crippen LogP contribution in [0.5, 0.6) is 5.75 Å². The molecular formula is C19H20O4. The van der Waals surface area contributed by atoms with Crippen LogP contribution in [0.4, 0.5) is 0 Å². The van der Waals surface area contributed by atoms with E-state index in [9.17, 15) is 9.59 Å². The number of rotatable bonds is 7. The van der Waals surface area contributed by atoms with Crippen molar-refractivity contribution in [3.8, 4) is 5.75 Å². The van der Waals surface area contributed by atoms with E-state index in [-0.39, 0.29) is 18.8 Å². The van der Waals surface area contributed by atoms with Crippen LogP contribution in [0.3, 0.4) is 0 Å². The SMILES string of the molecule is Cc1ccc(OC(=O)[C@H](CCC(=O)O)Cc2ccccc2)cc1. The van der Waals surface area contributed by atoms with Crippen LogP contribution in [0.1, 0.15) is 24.0 Å². The number of hydrogen-bond donors (Lipinski definition) is 1. The molecule has 0 saturated heterocycles. The average molecular weight is 312 g/mol. The van der Waals surface area contributed by atoms with Crippen molar-refractivity contribution >= 4 is 11.9 Å². The number of carboxylic acids is 1. The van der Waals surface area contributed by atoms with E-state index in [0.29, 0.717) is 12.2 Å². The minimum absolute atomic E-state index is 0.0551. The van der Waals surface area contributed by atoms with Crippen molar-refractivity contribution in [2.24, 2.45) is 5.92 Å². The summed E-state index contributed by atoms with van der Waals surface area (Å²) in [4.78, 5) is 23.2. The molecule has 2 rings (SSSR count). The third-order valence-electron chi connectivity index (χ3n) is 3.60. The Bertz CT molecular complexity index is 647. The molecule has 0 spiro atoms. The number of carbonyl (C=O) groups is 2. The van der Waals surface area contributed by atoms with Gasteiger partial charge in [-0.05, 0) is 37.5 Å². The van der Waals surface area contributed by atoms with Gasteiger partial charge in [-0.15, -0.1) is 0 Å². The van der Waals surface area contributed by atoms with Crippen LogP contribution in [0.15, 0.2) is 54.6 Å². The van der Waals surface area contributed by atoms with Gasteiger partial charge in [0.15, 0.2) is 0 Å². The van der Waals surface area contributed by atoms with Crippen molar-refractivity contribution in [1.82, 2.24) is 0 Å². The molecule has 1 atom stereocenters. The summed E-state index contributed by atoms with van der Waals surface area (Å²) < 4.78 is 5.40. The second-order valence-electron chi connectivity index (χ2n) is 5.55. The number of carbonyl (C=O) groups excluding carboxylic acids is 1. The molecule has 23 heavy (non-hydrogen) atoms. The first-order chi connectivity index (χ1) is 11.0. The predicted molar refractivity (Wildman–Crippen MR) is 87.3 cm³/mol. The van der Waals surface area contributed by atoms with E-state index in [2.05, 4.69) is 0 Å². The summed E-state index contributed by atoms with van der Waals surface area (Å²) in [5.74, 6) is -1.30. The first-order valence-corrected chi connectivity index (χ1v) is 7.58. The van der Waals surface area contributed by atoms with Gasteiger partial charge in [-0.2, -0.15) is 0 Å². The van der Waals surface area contributed by atoms with E-state index >= 15 is 0 Å². The highest BCUT2D eigenvalue weighted by molar-refractivity contribution is 5.76. The number of esters is 1. The van der Waals surface area contributed by atoms with Gasteiger partial charge in [0, 0.05) is 6.42 Å². The van der Waals surface area contributed by atoms with Gasteiger partial charge in [0.05, 0.1) is 5.92 Å². The summed E-state index contributed by atoms with van der Waals surface area (Å²) in [7, 11) is 0. The van der Waals surface area contributed by atoms with Crippen molar-refractivity contribution in [3.63, 3.8) is 0 Å². The largest absolute Gasteiger partial charge is 0.481 e. The summed E-state index contributed by atoms with van der Waals surface area (Å²) in [6, 6.07) is 16.8. The molecule has 0 heterocycles. The molecule has 2 aromatic rings. The molecule has 0 fully saturated rings. The van der Waals surface area contributed by atoms with E-state index < -0.39 is 11.9 Å². The Hall–Kier alpha value is -2.62. The fraction of sp³-hybridized carbons (Fsp3) is 0.263. The van der Waals surface area contributed by atoms with Gasteiger partial charge in [-0.1, -0.05) is 48.0 Å². The van der Waals surface area contributed by atoms with Gasteiger partial charge >= 0.3 is 11.9 Å². The van der Waals surface area contributed by atoms with Crippen LogP contribution in [-0.4, -0.2) is 17.0 Å². The molecule has 0 amide bonds. The molecular weight excluding hydrogens is 292 g/mol. The summed E-state index contributed by atoms with van der Waals surface area (Å²) in [6.45, 7) is 1.96. The molecule has 0 aliphatic carbocycles. The maximum atomic E-state index is 12.4. The zero-order valence-electron chi connectivity index (χ0n) is 13.1. The quantitative estimate of drug-likeness (QED) is 0.626. The lowest BCUT2D eigenvalue weighted by molar-refractivity contribution is -0.140. The summed E-state index contributed by atoms with van der Waals surface area (Å²) in [6.07, 6.45) is 0.675. The monoisotopic (exact) mass is 312 g/mol. The van der Waals surface area contributed by atoms with Crippen molar-refractivity contribution in [2.75, 3.05) is 0 Å². The number of carboxylic acid groups (broad SMARTS) is 1. The van der Waals surface area contributed by atoms with Crippen LogP contribution in [0, 0.1) is 12.8 Å². The van der Waals surface area contributed by atoms with E-state index in [0.717, 1.165) is 11.1 Å². The lowest BCUT2D eigenvalue weighted by Gasteiger charge is -2.15. The van der Waals surface area contributed by atoms with Crippen molar-refractivity contribution in [2.45, 2.75) is 26.2 Å². The molecule has 0 aliphatic rings. The smallest absolute Gasteiger partial charge is 0.314 e. The van der Waals surface area contributed by atoms with Crippen LogP contribution in [0.25, 0.3) is 0 Å². The first kappa shape index (κ1) is 16.7. The minimum atomic E-state index is -0.911. The molecule has 1 N–H and O–H groups in total. The van der Waals surface area contributed by atoms with E-state index in [1.807, 2.05) is 49.4 Å². The van der Waals surface area contributed by atoms with Gasteiger partial charge in [0.1, 0.15) is 5.75 Å². The Morgan fingerprint density at radius 2 is 1.70 bits per heavy atom. The standard InChI is InChI=1S/C19H20O4/c1-14-7-10-17(11-8-14)23-19(22)16(9-12-18(20)21)13-15-5-3-2-4-6-15/h2-8,10-11,16H,9,12-13H2,1H3,(H,20,21)/t16-/m1/s1. The topological polar surface area (TPSA) is 63.6 Å². The lowest BCUT2D eigenvalue weighted by Crippen LogP contribution is -2.23. The maximum absolute atomic E-state index is 12.4. The van der Waals surface area contributed by atoms with Crippen LogP contribution in [-0.2, 0) is 16.0 Å².